The molecule has 108 valence electrons. The fraction of sp³-hybridized carbons (Fsp3) is 0.500. The number of carboxylic acid groups (broad SMARTS) is 1. The zero-order valence-electron chi connectivity index (χ0n) is 11.3. The monoisotopic (exact) mass is 296 g/mol. The molecule has 1 aromatic rings. The van der Waals surface area contributed by atoms with Gasteiger partial charge in [0.05, 0.1) is 5.41 Å². The second-order valence-electron chi connectivity index (χ2n) is 5.08. The summed E-state index contributed by atoms with van der Waals surface area (Å²) in [5, 5.41) is 9.61. The van der Waals surface area contributed by atoms with Crippen LogP contribution in [0.3, 0.4) is 0 Å². The minimum Gasteiger partial charge on any atom is -0.481 e. The second-order valence-corrected chi connectivity index (χ2v) is 5.46. The molecule has 1 fully saturated rings. The molecule has 2 heterocycles. The van der Waals surface area contributed by atoms with Crippen molar-refractivity contribution in [1.82, 2.24) is 9.88 Å². The summed E-state index contributed by atoms with van der Waals surface area (Å²) < 4.78 is 0. The number of pyridine rings is 1. The number of carboxylic acids is 1. The summed E-state index contributed by atoms with van der Waals surface area (Å²) in [5.74, 6) is -0.962. The summed E-state index contributed by atoms with van der Waals surface area (Å²) in [4.78, 5) is 29.3. The Balaban J connectivity index is 2.07. The van der Waals surface area contributed by atoms with Crippen molar-refractivity contribution in [3.8, 4) is 0 Å². The molecule has 1 N–H and O–H groups in total. The topological polar surface area (TPSA) is 70.5 Å². The third-order valence-electron chi connectivity index (χ3n) is 4.07. The van der Waals surface area contributed by atoms with E-state index >= 15 is 0 Å². The van der Waals surface area contributed by atoms with Gasteiger partial charge in [-0.05, 0) is 31.4 Å². The Morgan fingerprint density at radius 2 is 2.05 bits per heavy atom. The maximum absolute atomic E-state index is 12.3. The van der Waals surface area contributed by atoms with Gasteiger partial charge in [0.25, 0.3) is 5.91 Å². The van der Waals surface area contributed by atoms with Gasteiger partial charge in [0, 0.05) is 13.1 Å². The van der Waals surface area contributed by atoms with E-state index in [0.29, 0.717) is 38.0 Å². The van der Waals surface area contributed by atoms with Gasteiger partial charge in [0.2, 0.25) is 0 Å². The zero-order chi connectivity index (χ0) is 14.8. The van der Waals surface area contributed by atoms with Gasteiger partial charge in [-0.15, -0.1) is 0 Å². The van der Waals surface area contributed by atoms with E-state index in [-0.39, 0.29) is 11.1 Å². The quantitative estimate of drug-likeness (QED) is 0.870. The Labute approximate surface area is 122 Å². The lowest BCUT2D eigenvalue weighted by Crippen LogP contribution is -2.46. The first-order valence-corrected chi connectivity index (χ1v) is 7.01. The summed E-state index contributed by atoms with van der Waals surface area (Å²) >= 11 is 5.78. The van der Waals surface area contributed by atoms with Crippen molar-refractivity contribution in [2.45, 2.75) is 26.2 Å². The van der Waals surface area contributed by atoms with Crippen molar-refractivity contribution in [3.05, 3.63) is 29.0 Å². The van der Waals surface area contributed by atoms with Crippen molar-refractivity contribution in [2.75, 3.05) is 13.1 Å². The molecule has 0 radical (unpaired) electrons. The van der Waals surface area contributed by atoms with Gasteiger partial charge < -0.3 is 10.0 Å². The summed E-state index contributed by atoms with van der Waals surface area (Å²) in [6, 6.07) is 4.91. The van der Waals surface area contributed by atoms with Crippen LogP contribution in [0.25, 0.3) is 0 Å². The molecule has 0 saturated carbocycles. The number of likely N-dealkylation sites (tertiary alicyclic amines) is 1. The molecule has 0 aromatic carbocycles. The Bertz CT molecular complexity index is 525. The molecule has 0 unspecified atom stereocenters. The number of carbonyl (C=O) groups is 2. The van der Waals surface area contributed by atoms with Gasteiger partial charge in [-0.1, -0.05) is 24.6 Å². The van der Waals surface area contributed by atoms with Gasteiger partial charge >= 0.3 is 5.97 Å². The van der Waals surface area contributed by atoms with E-state index < -0.39 is 11.4 Å². The van der Waals surface area contributed by atoms with Gasteiger partial charge in [-0.3, -0.25) is 9.59 Å². The highest BCUT2D eigenvalue weighted by molar-refractivity contribution is 6.29. The first kappa shape index (κ1) is 14.8. The first-order chi connectivity index (χ1) is 9.48. The van der Waals surface area contributed by atoms with Crippen LogP contribution >= 0.6 is 11.6 Å². The number of aromatic nitrogens is 1. The molecule has 0 aliphatic carbocycles. The van der Waals surface area contributed by atoms with Crippen molar-refractivity contribution >= 4 is 23.5 Å². The van der Waals surface area contributed by atoms with Crippen LogP contribution in [0.4, 0.5) is 0 Å². The SMILES string of the molecule is CCC1(C(=O)O)CCN(C(=O)c2cccc(Cl)n2)CC1. The lowest BCUT2D eigenvalue weighted by molar-refractivity contribution is -0.152. The van der Waals surface area contributed by atoms with E-state index in [1.807, 2.05) is 6.92 Å². The van der Waals surface area contributed by atoms with Gasteiger partial charge in [-0.2, -0.15) is 0 Å². The van der Waals surface area contributed by atoms with E-state index in [0.717, 1.165) is 0 Å². The minimum absolute atomic E-state index is 0.192. The highest BCUT2D eigenvalue weighted by Gasteiger charge is 2.41. The zero-order valence-corrected chi connectivity index (χ0v) is 12.1. The van der Waals surface area contributed by atoms with Crippen molar-refractivity contribution in [1.29, 1.82) is 0 Å². The summed E-state index contributed by atoms with van der Waals surface area (Å²) in [5.41, 5.74) is -0.393. The van der Waals surface area contributed by atoms with Crippen LogP contribution in [-0.4, -0.2) is 40.0 Å². The number of rotatable bonds is 3. The molecule has 6 heteroatoms. The Morgan fingerprint density at radius 3 is 2.55 bits per heavy atom. The minimum atomic E-state index is -0.770. The molecule has 20 heavy (non-hydrogen) atoms. The Kier molecular flexibility index (Phi) is 4.28. The van der Waals surface area contributed by atoms with E-state index in [1.54, 1.807) is 23.1 Å². The molecular weight excluding hydrogens is 280 g/mol. The molecule has 0 bridgehead atoms. The van der Waals surface area contributed by atoms with E-state index in [4.69, 9.17) is 11.6 Å². The molecule has 0 spiro atoms. The maximum atomic E-state index is 12.3. The number of carbonyl (C=O) groups excluding carboxylic acids is 1. The predicted molar refractivity (Wildman–Crippen MR) is 74.7 cm³/mol. The number of hydrogen-bond donors (Lipinski definition) is 1. The van der Waals surface area contributed by atoms with Crippen LogP contribution in [-0.2, 0) is 4.79 Å². The molecular formula is C14H17ClN2O3. The average molecular weight is 297 g/mol. The largest absolute Gasteiger partial charge is 0.481 e. The summed E-state index contributed by atoms with van der Waals surface area (Å²) in [6.45, 7) is 2.75. The molecule has 2 rings (SSSR count). The molecule has 1 saturated heterocycles. The lowest BCUT2D eigenvalue weighted by Gasteiger charge is -2.38. The highest BCUT2D eigenvalue weighted by atomic mass is 35.5. The van der Waals surface area contributed by atoms with Gasteiger partial charge in [0.15, 0.2) is 0 Å². The fourth-order valence-electron chi connectivity index (χ4n) is 2.55. The molecule has 5 nitrogen and oxygen atoms in total. The first-order valence-electron chi connectivity index (χ1n) is 6.64. The summed E-state index contributed by atoms with van der Waals surface area (Å²) in [6.07, 6.45) is 1.54. The van der Waals surface area contributed by atoms with Crippen LogP contribution in [0, 0.1) is 5.41 Å². The molecule has 1 aliphatic rings. The number of hydrogen-bond acceptors (Lipinski definition) is 3. The predicted octanol–water partition coefficient (Wildman–Crippen LogP) is 2.45. The average Bonchev–Trinajstić information content (AvgIpc) is 2.46. The number of nitrogens with zero attached hydrogens (tertiary/aromatic N) is 2. The van der Waals surface area contributed by atoms with Crippen LogP contribution in [0.15, 0.2) is 18.2 Å². The normalized spacial score (nSPS) is 17.8. The van der Waals surface area contributed by atoms with Crippen molar-refractivity contribution in [3.63, 3.8) is 0 Å². The van der Waals surface area contributed by atoms with E-state index in [9.17, 15) is 14.7 Å². The standard InChI is InChI=1S/C14H17ClN2O3/c1-2-14(13(19)20)6-8-17(9-7-14)12(18)10-4-3-5-11(15)16-10/h3-5H,2,6-9H2,1H3,(H,19,20). The maximum Gasteiger partial charge on any atom is 0.309 e. The molecule has 0 atom stereocenters. The third kappa shape index (κ3) is 2.77. The number of amides is 1. The van der Waals surface area contributed by atoms with E-state index in [2.05, 4.69) is 4.98 Å². The molecule has 1 aliphatic heterocycles. The molecule has 1 aromatic heterocycles. The molecule has 1 amide bonds. The van der Waals surface area contributed by atoms with Gasteiger partial charge in [-0.25, -0.2) is 4.98 Å². The Morgan fingerprint density at radius 1 is 1.40 bits per heavy atom. The number of halogens is 1. The van der Waals surface area contributed by atoms with Gasteiger partial charge in [0.1, 0.15) is 10.8 Å². The van der Waals surface area contributed by atoms with Crippen LogP contribution in [0.2, 0.25) is 5.15 Å². The second kappa shape index (κ2) is 5.79. The third-order valence-corrected chi connectivity index (χ3v) is 4.28. The number of aliphatic carboxylic acids is 1. The van der Waals surface area contributed by atoms with Crippen molar-refractivity contribution < 1.29 is 14.7 Å². The Hall–Kier alpha value is -1.62. The van der Waals surface area contributed by atoms with Crippen LogP contribution < -0.4 is 0 Å². The summed E-state index contributed by atoms with van der Waals surface area (Å²) in [7, 11) is 0. The highest BCUT2D eigenvalue weighted by Crippen LogP contribution is 2.35. The van der Waals surface area contributed by atoms with Crippen LogP contribution in [0.5, 0.6) is 0 Å². The van der Waals surface area contributed by atoms with Crippen LogP contribution in [0.1, 0.15) is 36.7 Å². The van der Waals surface area contributed by atoms with Crippen molar-refractivity contribution in [2.24, 2.45) is 5.41 Å². The number of piperidine rings is 1. The smallest absolute Gasteiger partial charge is 0.309 e. The fourth-order valence-corrected chi connectivity index (χ4v) is 2.71. The van der Waals surface area contributed by atoms with E-state index in [1.165, 1.54) is 0 Å². The lowest BCUT2D eigenvalue weighted by atomic mass is 9.76.